The van der Waals surface area contributed by atoms with Crippen LogP contribution in [0.25, 0.3) is 0 Å². The third-order valence-corrected chi connectivity index (χ3v) is 4.80. The van der Waals surface area contributed by atoms with Crippen molar-refractivity contribution in [3.63, 3.8) is 0 Å². The second-order valence-corrected chi connectivity index (χ2v) is 7.39. The molecule has 0 aliphatic carbocycles. The number of carbonyl (C=O) groups excluding carboxylic acids is 1. The molecule has 1 aromatic carbocycles. The zero-order valence-corrected chi connectivity index (χ0v) is 14.2. The maximum absolute atomic E-state index is 11.9. The Labute approximate surface area is 138 Å². The summed E-state index contributed by atoms with van der Waals surface area (Å²) in [5, 5.41) is 0. The van der Waals surface area contributed by atoms with Crippen LogP contribution in [-0.4, -0.2) is 31.2 Å². The molecule has 8 heteroatoms. The molecule has 0 atom stereocenters. The summed E-state index contributed by atoms with van der Waals surface area (Å²) in [7, 11) is -3.68. The van der Waals surface area contributed by atoms with Crippen LogP contribution in [0.4, 0.5) is 5.69 Å². The maximum atomic E-state index is 11.9. The van der Waals surface area contributed by atoms with Gasteiger partial charge in [0.05, 0.1) is 0 Å². The molecule has 0 aromatic heterocycles. The summed E-state index contributed by atoms with van der Waals surface area (Å²) < 4.78 is 29.6. The summed E-state index contributed by atoms with van der Waals surface area (Å²) in [5.41, 5.74) is 2.03. The normalized spacial score (nSPS) is 13.8. The predicted molar refractivity (Wildman–Crippen MR) is 71.1 cm³/mol. The van der Waals surface area contributed by atoms with Crippen molar-refractivity contribution in [3.05, 3.63) is 29.8 Å². The van der Waals surface area contributed by atoms with Gasteiger partial charge in [-0.1, -0.05) is 18.2 Å². The Kier molecular flexibility index (Phi) is 6.35. The van der Waals surface area contributed by atoms with Crippen LogP contribution in [0.5, 0.6) is 0 Å². The van der Waals surface area contributed by atoms with E-state index in [4.69, 9.17) is 4.55 Å². The van der Waals surface area contributed by atoms with E-state index in [1.165, 1.54) is 0 Å². The van der Waals surface area contributed by atoms with Gasteiger partial charge in [0.25, 0.3) is 0 Å². The number of nitrogens with zero attached hydrogens (tertiary/aromatic N) is 1. The topological polar surface area (TPSA) is 74.7 Å². The Morgan fingerprint density at radius 2 is 2.05 bits per heavy atom. The first-order valence-electron chi connectivity index (χ1n) is 5.47. The van der Waals surface area contributed by atoms with Crippen LogP contribution >= 0.6 is 10.8 Å². The molecule has 0 fully saturated rings. The monoisotopic (exact) mass is 310 g/mol. The average Bonchev–Trinajstić information content (AvgIpc) is 2.70. The largest absolute Gasteiger partial charge is 1.00 e. The molecule has 0 spiro atoms. The number of rotatable bonds is 4. The molecule has 1 aliphatic heterocycles. The molecule has 1 N–H and O–H groups in total. The number of benzene rings is 1. The Hall–Kier alpha value is -0.0500. The Morgan fingerprint density at radius 3 is 2.74 bits per heavy atom. The number of fused-ring (bicyclic) bond motifs is 1. The van der Waals surface area contributed by atoms with Crippen molar-refractivity contribution in [1.82, 2.24) is 0 Å². The van der Waals surface area contributed by atoms with Gasteiger partial charge < -0.3 is 4.90 Å². The van der Waals surface area contributed by atoms with Gasteiger partial charge in [-0.3, -0.25) is 9.35 Å². The summed E-state index contributed by atoms with van der Waals surface area (Å²) in [6, 6.07) is 7.67. The van der Waals surface area contributed by atoms with E-state index in [0.717, 1.165) is 17.7 Å². The summed E-state index contributed by atoms with van der Waals surface area (Å²) in [6.45, 7) is 0.634. The van der Waals surface area contributed by atoms with Gasteiger partial charge in [-0.25, -0.2) is 0 Å². The molecular weight excluding hydrogens is 297 g/mol. The first-order valence-corrected chi connectivity index (χ1v) is 8.42. The predicted octanol–water partition coefficient (Wildman–Crippen LogP) is -1.49. The van der Waals surface area contributed by atoms with Crippen molar-refractivity contribution in [1.29, 1.82) is 0 Å². The quantitative estimate of drug-likeness (QED) is 0.416. The van der Waals surface area contributed by atoms with E-state index in [0.29, 0.717) is 17.3 Å². The fraction of sp³-hybridized carbons (Fsp3) is 0.364. The van der Waals surface area contributed by atoms with E-state index in [1.807, 2.05) is 24.3 Å². The molecule has 0 saturated carbocycles. The van der Waals surface area contributed by atoms with Crippen molar-refractivity contribution in [3.8, 4) is 0 Å². The molecule has 5 nitrogen and oxygen atoms in total. The van der Waals surface area contributed by atoms with Gasteiger partial charge in [0.1, 0.15) is 0 Å². The molecule has 2 rings (SSSR count). The molecule has 1 aliphatic rings. The summed E-state index contributed by atoms with van der Waals surface area (Å²) in [6.07, 6.45) is 0.923. The zero-order chi connectivity index (χ0) is 13.2. The molecule has 98 valence electrons. The average molecular weight is 310 g/mol. The molecule has 0 bridgehead atoms. The van der Waals surface area contributed by atoms with Crippen LogP contribution in [0.2, 0.25) is 0 Å². The van der Waals surface area contributed by atoms with Crippen LogP contribution in [0.1, 0.15) is 12.0 Å². The van der Waals surface area contributed by atoms with Crippen LogP contribution in [-0.2, 0) is 20.4 Å². The van der Waals surface area contributed by atoms with E-state index in [2.05, 4.69) is 0 Å². The van der Waals surface area contributed by atoms with Crippen LogP contribution in [0.3, 0.4) is 0 Å². The number of carbonyl (C=O) groups is 1. The third kappa shape index (κ3) is 4.77. The standard InChI is InChI=1S/C11H13NO4S2.Na/c13-11(6-8-17-18(14,15)16)12-7-5-9-3-1-2-4-10(9)12;/h1-4H,5-8H2,(H,14,15,16);/q;+1. The number of para-hydroxylation sites is 1. The van der Waals surface area contributed by atoms with Gasteiger partial charge in [0.2, 0.25) is 5.91 Å². The zero-order valence-electron chi connectivity index (χ0n) is 10.6. The minimum Gasteiger partial charge on any atom is -0.312 e. The molecule has 0 saturated heterocycles. The Bertz CT molecular complexity index is 562. The van der Waals surface area contributed by atoms with E-state index < -0.39 is 9.15 Å². The van der Waals surface area contributed by atoms with Crippen molar-refractivity contribution in [2.75, 3.05) is 17.2 Å². The van der Waals surface area contributed by atoms with Gasteiger partial charge in [-0.05, 0) is 28.8 Å². The van der Waals surface area contributed by atoms with Crippen molar-refractivity contribution in [2.24, 2.45) is 0 Å². The minimum atomic E-state index is -4.06. The van der Waals surface area contributed by atoms with Crippen molar-refractivity contribution >= 4 is 31.5 Å². The first-order chi connectivity index (χ1) is 8.47. The second-order valence-electron chi connectivity index (χ2n) is 3.92. The SMILES string of the molecule is O=C(CCSS(=O)(=O)O)N1CCc2ccccc21.[Na+]. The Balaban J connectivity index is 0.00000180. The van der Waals surface area contributed by atoms with Gasteiger partial charge in [0.15, 0.2) is 0 Å². The summed E-state index contributed by atoms with van der Waals surface area (Å²) >= 11 is 0. The molecule has 19 heavy (non-hydrogen) atoms. The summed E-state index contributed by atoms with van der Waals surface area (Å²) in [4.78, 5) is 13.6. The third-order valence-electron chi connectivity index (χ3n) is 2.74. The number of hydrogen-bond acceptors (Lipinski definition) is 4. The van der Waals surface area contributed by atoms with E-state index in [1.54, 1.807) is 4.90 Å². The molecule has 0 radical (unpaired) electrons. The smallest absolute Gasteiger partial charge is 0.312 e. The minimum absolute atomic E-state index is 0. The van der Waals surface area contributed by atoms with Gasteiger partial charge in [0, 0.05) is 24.4 Å². The fourth-order valence-electron chi connectivity index (χ4n) is 1.97. The Morgan fingerprint density at radius 1 is 1.37 bits per heavy atom. The van der Waals surface area contributed by atoms with Gasteiger partial charge >= 0.3 is 38.7 Å². The van der Waals surface area contributed by atoms with Crippen LogP contribution in [0.15, 0.2) is 24.3 Å². The molecule has 1 amide bonds. The fourth-order valence-corrected chi connectivity index (χ4v) is 3.32. The number of amides is 1. The summed E-state index contributed by atoms with van der Waals surface area (Å²) in [5.74, 6) is -0.0489. The van der Waals surface area contributed by atoms with Crippen molar-refractivity contribution < 1.29 is 47.3 Å². The number of anilines is 1. The molecule has 1 heterocycles. The van der Waals surface area contributed by atoms with Gasteiger partial charge in [-0.15, -0.1) is 0 Å². The van der Waals surface area contributed by atoms with Crippen LogP contribution in [0, 0.1) is 0 Å². The molecule has 1 aromatic rings. The second kappa shape index (κ2) is 7.10. The van der Waals surface area contributed by atoms with Crippen molar-refractivity contribution in [2.45, 2.75) is 12.8 Å². The molecular formula is C11H13NNaO4S2+. The first kappa shape index (κ1) is 17.0. The molecule has 0 unspecified atom stereocenters. The number of hydrogen-bond donors (Lipinski definition) is 1. The van der Waals surface area contributed by atoms with E-state index in [-0.39, 0.29) is 47.6 Å². The van der Waals surface area contributed by atoms with E-state index in [9.17, 15) is 13.2 Å². The maximum Gasteiger partial charge on any atom is 1.00 e. The van der Waals surface area contributed by atoms with Gasteiger partial charge in [-0.2, -0.15) is 8.42 Å². The van der Waals surface area contributed by atoms with E-state index >= 15 is 0 Å². The van der Waals surface area contributed by atoms with Crippen LogP contribution < -0.4 is 34.5 Å².